The number of hydrogen-bond acceptors (Lipinski definition) is 3. The van der Waals surface area contributed by atoms with Crippen molar-refractivity contribution in [2.75, 3.05) is 18.5 Å². The molecule has 17 heavy (non-hydrogen) atoms. The zero-order chi connectivity index (χ0) is 12.1. The van der Waals surface area contributed by atoms with E-state index in [-0.39, 0.29) is 5.97 Å². The Labute approximate surface area is 101 Å². The van der Waals surface area contributed by atoms with Crippen molar-refractivity contribution in [1.82, 2.24) is 0 Å². The topological polar surface area (TPSA) is 38.3 Å². The molecule has 0 saturated carbocycles. The van der Waals surface area contributed by atoms with Gasteiger partial charge in [0.05, 0.1) is 6.61 Å². The van der Waals surface area contributed by atoms with Crippen LogP contribution in [0.4, 0.5) is 5.69 Å². The lowest BCUT2D eigenvalue weighted by Crippen LogP contribution is -2.11. The monoisotopic (exact) mass is 231 g/mol. The van der Waals surface area contributed by atoms with Gasteiger partial charge in [0.2, 0.25) is 0 Å². The average Bonchev–Trinajstić information content (AvgIpc) is 2.36. The summed E-state index contributed by atoms with van der Waals surface area (Å²) in [5.74, 6) is -0.293. The van der Waals surface area contributed by atoms with Crippen LogP contribution in [0.3, 0.4) is 0 Å². The lowest BCUT2D eigenvalue weighted by molar-refractivity contribution is -0.137. The van der Waals surface area contributed by atoms with Gasteiger partial charge in [-0.05, 0) is 43.0 Å². The predicted molar refractivity (Wildman–Crippen MR) is 68.9 cm³/mol. The summed E-state index contributed by atoms with van der Waals surface area (Å²) in [5.41, 5.74) is 3.55. The van der Waals surface area contributed by atoms with E-state index in [1.165, 1.54) is 23.7 Å². The van der Waals surface area contributed by atoms with Crippen LogP contribution < -0.4 is 5.32 Å². The summed E-state index contributed by atoms with van der Waals surface area (Å²) in [6, 6.07) is 6.22. The number of ether oxygens (including phenoxy) is 1. The lowest BCUT2D eigenvalue weighted by Gasteiger charge is -2.18. The molecule has 0 amide bonds. The van der Waals surface area contributed by atoms with Crippen LogP contribution in [0.2, 0.25) is 0 Å². The second-order valence-electron chi connectivity index (χ2n) is 4.03. The Balaban J connectivity index is 2.09. The van der Waals surface area contributed by atoms with Crippen LogP contribution in [-0.4, -0.2) is 19.1 Å². The van der Waals surface area contributed by atoms with Crippen LogP contribution in [0.1, 0.15) is 24.5 Å². The van der Waals surface area contributed by atoms with Crippen molar-refractivity contribution in [1.29, 1.82) is 0 Å². The highest BCUT2D eigenvalue weighted by atomic mass is 16.5. The predicted octanol–water partition coefficient (Wildman–Crippen LogP) is 2.62. The number of aryl methyl sites for hydroxylation is 1. The molecule has 0 fully saturated rings. The molecule has 0 spiro atoms. The first-order valence-corrected chi connectivity index (χ1v) is 6.01. The lowest BCUT2D eigenvalue weighted by atomic mass is 10.0. The van der Waals surface area contributed by atoms with Gasteiger partial charge in [-0.25, -0.2) is 4.79 Å². The minimum Gasteiger partial charge on any atom is -0.463 e. The fourth-order valence-corrected chi connectivity index (χ4v) is 1.94. The molecule has 1 aromatic rings. The fraction of sp³-hybridized carbons (Fsp3) is 0.357. The van der Waals surface area contributed by atoms with Gasteiger partial charge in [0.25, 0.3) is 0 Å². The molecule has 1 aliphatic heterocycles. The number of esters is 1. The number of carbonyl (C=O) groups is 1. The van der Waals surface area contributed by atoms with E-state index in [2.05, 4.69) is 17.4 Å². The third kappa shape index (κ3) is 3.09. The summed E-state index contributed by atoms with van der Waals surface area (Å²) in [7, 11) is 0. The standard InChI is InChI=1S/C14H17NO2/c1-2-17-14(16)8-6-11-5-7-12-4-3-9-15-13(12)10-11/h5-8,10,15H,2-4,9H2,1H3/b8-6+. The maximum atomic E-state index is 11.2. The molecule has 0 atom stereocenters. The first kappa shape index (κ1) is 11.7. The molecule has 1 aliphatic rings. The van der Waals surface area contributed by atoms with E-state index in [1.54, 1.807) is 13.0 Å². The van der Waals surface area contributed by atoms with Crippen molar-refractivity contribution < 1.29 is 9.53 Å². The van der Waals surface area contributed by atoms with E-state index in [4.69, 9.17) is 4.74 Å². The van der Waals surface area contributed by atoms with E-state index in [0.717, 1.165) is 18.5 Å². The molecule has 90 valence electrons. The minimum atomic E-state index is -0.293. The van der Waals surface area contributed by atoms with Gasteiger partial charge in [-0.2, -0.15) is 0 Å². The van der Waals surface area contributed by atoms with Gasteiger partial charge in [-0.15, -0.1) is 0 Å². The molecule has 3 heteroatoms. The number of anilines is 1. The van der Waals surface area contributed by atoms with Crippen LogP contribution in [0.5, 0.6) is 0 Å². The van der Waals surface area contributed by atoms with Crippen molar-refractivity contribution in [3.8, 4) is 0 Å². The highest BCUT2D eigenvalue weighted by molar-refractivity contribution is 5.87. The summed E-state index contributed by atoms with van der Waals surface area (Å²) in [6.45, 7) is 3.24. The van der Waals surface area contributed by atoms with E-state index >= 15 is 0 Å². The number of rotatable bonds is 3. The molecule has 0 aliphatic carbocycles. The molecule has 0 radical (unpaired) electrons. The zero-order valence-electron chi connectivity index (χ0n) is 10.0. The van der Waals surface area contributed by atoms with E-state index < -0.39 is 0 Å². The Bertz CT molecular complexity index is 438. The summed E-state index contributed by atoms with van der Waals surface area (Å²) in [5, 5.41) is 3.37. The minimum absolute atomic E-state index is 0.293. The number of nitrogens with one attached hydrogen (secondary N) is 1. The molecular weight excluding hydrogens is 214 g/mol. The molecular formula is C14H17NO2. The quantitative estimate of drug-likeness (QED) is 0.642. The molecule has 0 saturated heterocycles. The van der Waals surface area contributed by atoms with Gasteiger partial charge in [0, 0.05) is 18.3 Å². The Morgan fingerprint density at radius 3 is 3.24 bits per heavy atom. The highest BCUT2D eigenvalue weighted by Gasteiger charge is 2.07. The molecule has 0 bridgehead atoms. The number of benzene rings is 1. The Hall–Kier alpha value is -1.77. The van der Waals surface area contributed by atoms with E-state index in [9.17, 15) is 4.79 Å². The Morgan fingerprint density at radius 2 is 2.41 bits per heavy atom. The molecule has 0 aromatic heterocycles. The van der Waals surface area contributed by atoms with E-state index in [1.807, 2.05) is 6.07 Å². The summed E-state index contributed by atoms with van der Waals surface area (Å²) < 4.78 is 4.83. The molecule has 2 rings (SSSR count). The molecule has 0 unspecified atom stereocenters. The second kappa shape index (κ2) is 5.53. The van der Waals surface area contributed by atoms with Crippen LogP contribution in [-0.2, 0) is 16.0 Å². The number of carbonyl (C=O) groups excluding carboxylic acids is 1. The van der Waals surface area contributed by atoms with Crippen molar-refractivity contribution in [3.05, 3.63) is 35.4 Å². The Morgan fingerprint density at radius 1 is 1.53 bits per heavy atom. The molecule has 1 N–H and O–H groups in total. The third-order valence-corrected chi connectivity index (χ3v) is 2.77. The van der Waals surface area contributed by atoms with Gasteiger partial charge in [-0.1, -0.05) is 12.1 Å². The number of hydrogen-bond donors (Lipinski definition) is 1. The van der Waals surface area contributed by atoms with Crippen molar-refractivity contribution in [2.24, 2.45) is 0 Å². The van der Waals surface area contributed by atoms with Gasteiger partial charge in [0.1, 0.15) is 0 Å². The first-order chi connectivity index (χ1) is 8.29. The largest absolute Gasteiger partial charge is 0.463 e. The van der Waals surface area contributed by atoms with Crippen LogP contribution >= 0.6 is 0 Å². The van der Waals surface area contributed by atoms with Crippen LogP contribution in [0, 0.1) is 0 Å². The van der Waals surface area contributed by atoms with Crippen molar-refractivity contribution in [2.45, 2.75) is 19.8 Å². The average molecular weight is 231 g/mol. The van der Waals surface area contributed by atoms with Crippen LogP contribution in [0.25, 0.3) is 6.08 Å². The van der Waals surface area contributed by atoms with E-state index in [0.29, 0.717) is 6.61 Å². The molecule has 3 nitrogen and oxygen atoms in total. The van der Waals surface area contributed by atoms with Gasteiger partial charge >= 0.3 is 5.97 Å². The van der Waals surface area contributed by atoms with Crippen molar-refractivity contribution >= 4 is 17.7 Å². The fourth-order valence-electron chi connectivity index (χ4n) is 1.94. The smallest absolute Gasteiger partial charge is 0.330 e. The second-order valence-corrected chi connectivity index (χ2v) is 4.03. The van der Waals surface area contributed by atoms with Crippen LogP contribution in [0.15, 0.2) is 24.3 Å². The van der Waals surface area contributed by atoms with Gasteiger partial charge in [0.15, 0.2) is 0 Å². The maximum absolute atomic E-state index is 11.2. The normalized spacial score (nSPS) is 14.2. The SMILES string of the molecule is CCOC(=O)/C=C/c1ccc2c(c1)NCCC2. The zero-order valence-corrected chi connectivity index (χ0v) is 10.0. The summed E-state index contributed by atoms with van der Waals surface area (Å²) in [6.07, 6.45) is 5.57. The third-order valence-electron chi connectivity index (χ3n) is 2.77. The summed E-state index contributed by atoms with van der Waals surface area (Å²) >= 11 is 0. The summed E-state index contributed by atoms with van der Waals surface area (Å²) in [4.78, 5) is 11.2. The molecule has 1 aromatic carbocycles. The number of fused-ring (bicyclic) bond motifs is 1. The van der Waals surface area contributed by atoms with Crippen molar-refractivity contribution in [3.63, 3.8) is 0 Å². The first-order valence-electron chi connectivity index (χ1n) is 6.01. The highest BCUT2D eigenvalue weighted by Crippen LogP contribution is 2.23. The van der Waals surface area contributed by atoms with Gasteiger partial charge in [-0.3, -0.25) is 0 Å². The Kier molecular flexibility index (Phi) is 3.81. The maximum Gasteiger partial charge on any atom is 0.330 e. The molecule has 1 heterocycles. The van der Waals surface area contributed by atoms with Gasteiger partial charge < -0.3 is 10.1 Å².